The van der Waals surface area contributed by atoms with Crippen molar-refractivity contribution in [1.82, 2.24) is 14.8 Å². The highest BCUT2D eigenvalue weighted by Gasteiger charge is 2.17. The Morgan fingerprint density at radius 3 is 2.59 bits per heavy atom. The molecule has 0 saturated heterocycles. The number of aliphatic hydroxyl groups is 1. The van der Waals surface area contributed by atoms with Gasteiger partial charge in [0, 0.05) is 17.7 Å². The molecule has 0 aliphatic heterocycles. The quantitative estimate of drug-likeness (QED) is 0.481. The van der Waals surface area contributed by atoms with E-state index < -0.39 is 10.0 Å². The molecule has 1 aromatic carbocycles. The number of ether oxygens (including phenoxy) is 2. The zero-order valence-corrected chi connectivity index (χ0v) is 16.7. The lowest BCUT2D eigenvalue weighted by Crippen LogP contribution is -2.21. The van der Waals surface area contributed by atoms with Crippen molar-refractivity contribution in [2.24, 2.45) is 0 Å². The normalized spacial score (nSPS) is 11.4. The molecule has 2 N–H and O–H groups in total. The van der Waals surface area contributed by atoms with Crippen LogP contribution in [0.25, 0.3) is 16.9 Å². The molecular weight excluding hydrogens is 396 g/mol. The number of aromatic nitrogens is 3. The molecule has 2 aromatic heterocycles. The third-order valence-electron chi connectivity index (χ3n) is 3.95. The maximum absolute atomic E-state index is 12.3. The second kappa shape index (κ2) is 9.50. The van der Waals surface area contributed by atoms with Crippen LogP contribution in [-0.2, 0) is 14.8 Å². The van der Waals surface area contributed by atoms with Crippen molar-refractivity contribution >= 4 is 15.8 Å². The minimum absolute atomic E-state index is 0.0233. The van der Waals surface area contributed by atoms with Crippen LogP contribution in [0, 0.1) is 0 Å². The van der Waals surface area contributed by atoms with Crippen LogP contribution in [0.2, 0.25) is 0 Å². The second-order valence-corrected chi connectivity index (χ2v) is 7.85. The number of pyridine rings is 1. The van der Waals surface area contributed by atoms with E-state index in [2.05, 4.69) is 14.8 Å². The van der Waals surface area contributed by atoms with Gasteiger partial charge in [-0.05, 0) is 6.07 Å². The summed E-state index contributed by atoms with van der Waals surface area (Å²) in [5.74, 6) is 0.401. The van der Waals surface area contributed by atoms with Gasteiger partial charge < -0.3 is 14.6 Å². The van der Waals surface area contributed by atoms with Gasteiger partial charge in [0.25, 0.3) is 0 Å². The van der Waals surface area contributed by atoms with E-state index >= 15 is 0 Å². The summed E-state index contributed by atoms with van der Waals surface area (Å²) in [6.07, 6.45) is 1.60. The molecule has 3 aromatic rings. The second-order valence-electron chi connectivity index (χ2n) is 6.01. The van der Waals surface area contributed by atoms with E-state index in [-0.39, 0.29) is 31.4 Å². The molecule has 0 bridgehead atoms. The van der Waals surface area contributed by atoms with Crippen LogP contribution in [0.4, 0.5) is 5.82 Å². The van der Waals surface area contributed by atoms with Gasteiger partial charge in [0.1, 0.15) is 0 Å². The van der Waals surface area contributed by atoms with E-state index in [4.69, 9.17) is 14.6 Å². The topological polar surface area (TPSA) is 116 Å². The molecule has 0 spiro atoms. The fraction of sp³-hybridized carbons (Fsp3) is 0.263. The highest BCUT2D eigenvalue weighted by molar-refractivity contribution is 7.92. The van der Waals surface area contributed by atoms with E-state index in [0.717, 1.165) is 5.56 Å². The molecule has 0 radical (unpaired) electrons. The van der Waals surface area contributed by atoms with Gasteiger partial charge in [-0.3, -0.25) is 4.72 Å². The summed E-state index contributed by atoms with van der Waals surface area (Å²) >= 11 is 0. The van der Waals surface area contributed by atoms with Crippen molar-refractivity contribution in [3.05, 3.63) is 54.7 Å². The molecule has 0 unspecified atom stereocenters. The predicted octanol–water partition coefficient (Wildman–Crippen LogP) is 1.69. The van der Waals surface area contributed by atoms with E-state index in [9.17, 15) is 8.42 Å². The van der Waals surface area contributed by atoms with Crippen LogP contribution in [0.15, 0.2) is 54.7 Å². The van der Waals surface area contributed by atoms with Gasteiger partial charge in [0.2, 0.25) is 15.9 Å². The van der Waals surface area contributed by atoms with E-state index in [1.165, 1.54) is 7.11 Å². The Balaban J connectivity index is 1.90. The number of hydrogen-bond acceptors (Lipinski definition) is 7. The lowest BCUT2D eigenvalue weighted by atomic mass is 10.1. The molecule has 0 saturated carbocycles. The Bertz CT molecular complexity index is 1020. The fourth-order valence-electron chi connectivity index (χ4n) is 2.61. The summed E-state index contributed by atoms with van der Waals surface area (Å²) in [7, 11) is -2.13. The van der Waals surface area contributed by atoms with Crippen molar-refractivity contribution in [3.8, 4) is 22.8 Å². The number of aliphatic hydroxyl groups excluding tert-OH is 1. The zero-order chi connectivity index (χ0) is 20.7. The maximum atomic E-state index is 12.3. The minimum atomic E-state index is -3.66. The Hall–Kier alpha value is -2.95. The molecule has 0 atom stereocenters. The molecule has 29 heavy (non-hydrogen) atoms. The smallest absolute Gasteiger partial charge is 0.236 e. The number of sulfonamides is 1. The standard InChI is InChI=1S/C19H22N4O5S/c1-27-19-8-7-16(14-20-19)23-17(15-5-3-2-4-6-15)13-18(21-23)22-29(25,26)12-11-28-10-9-24/h2-8,13-14,24H,9-12H2,1H3,(H,21,22). The molecule has 154 valence electrons. The Kier molecular flexibility index (Phi) is 6.81. The third kappa shape index (κ3) is 5.53. The van der Waals surface area contributed by atoms with Crippen LogP contribution in [-0.4, -0.2) is 61.0 Å². The highest BCUT2D eigenvalue weighted by atomic mass is 32.2. The fourth-order valence-corrected chi connectivity index (χ4v) is 3.46. The monoisotopic (exact) mass is 418 g/mol. The Morgan fingerprint density at radius 2 is 1.93 bits per heavy atom. The van der Waals surface area contributed by atoms with Gasteiger partial charge in [-0.2, -0.15) is 0 Å². The van der Waals surface area contributed by atoms with E-state index in [1.54, 1.807) is 29.1 Å². The van der Waals surface area contributed by atoms with Crippen molar-refractivity contribution < 1.29 is 23.0 Å². The van der Waals surface area contributed by atoms with Gasteiger partial charge in [0.05, 0.1) is 50.3 Å². The average Bonchev–Trinajstić information content (AvgIpc) is 3.15. The molecule has 0 fully saturated rings. The number of rotatable bonds is 10. The Morgan fingerprint density at radius 1 is 1.14 bits per heavy atom. The summed E-state index contributed by atoms with van der Waals surface area (Å²) in [4.78, 5) is 4.19. The zero-order valence-electron chi connectivity index (χ0n) is 15.9. The maximum Gasteiger partial charge on any atom is 0.236 e. The SMILES string of the molecule is COc1ccc(-n2nc(NS(=O)(=O)CCOCCO)cc2-c2ccccc2)cn1. The molecule has 3 rings (SSSR count). The summed E-state index contributed by atoms with van der Waals surface area (Å²) < 4.78 is 38.8. The first-order valence-electron chi connectivity index (χ1n) is 8.87. The van der Waals surface area contributed by atoms with E-state index in [1.807, 2.05) is 30.3 Å². The first-order chi connectivity index (χ1) is 14.0. The lowest BCUT2D eigenvalue weighted by molar-refractivity contribution is 0.103. The van der Waals surface area contributed by atoms with Gasteiger partial charge in [-0.25, -0.2) is 18.1 Å². The summed E-state index contributed by atoms with van der Waals surface area (Å²) in [6, 6.07) is 14.6. The van der Waals surface area contributed by atoms with Crippen LogP contribution in [0.1, 0.15) is 0 Å². The van der Waals surface area contributed by atoms with Gasteiger partial charge in [-0.1, -0.05) is 30.3 Å². The molecule has 9 nitrogen and oxygen atoms in total. The molecular formula is C19H22N4O5S. The number of hydrogen-bond donors (Lipinski definition) is 2. The first kappa shape index (κ1) is 20.8. The van der Waals surface area contributed by atoms with Gasteiger partial charge in [0.15, 0.2) is 5.82 Å². The van der Waals surface area contributed by atoms with Gasteiger partial charge >= 0.3 is 0 Å². The largest absolute Gasteiger partial charge is 0.481 e. The molecule has 0 aliphatic rings. The summed E-state index contributed by atoms with van der Waals surface area (Å²) in [5.41, 5.74) is 2.22. The number of benzene rings is 1. The van der Waals surface area contributed by atoms with Crippen molar-refractivity contribution in [3.63, 3.8) is 0 Å². The van der Waals surface area contributed by atoms with Crippen LogP contribution >= 0.6 is 0 Å². The minimum Gasteiger partial charge on any atom is -0.481 e. The van der Waals surface area contributed by atoms with Crippen LogP contribution in [0.3, 0.4) is 0 Å². The average molecular weight is 418 g/mol. The van der Waals surface area contributed by atoms with Crippen LogP contribution in [0.5, 0.6) is 5.88 Å². The molecule has 0 aliphatic carbocycles. The van der Waals surface area contributed by atoms with Gasteiger partial charge in [-0.15, -0.1) is 5.10 Å². The van der Waals surface area contributed by atoms with Crippen LogP contribution < -0.4 is 9.46 Å². The summed E-state index contributed by atoms with van der Waals surface area (Å²) in [5, 5.41) is 13.1. The van der Waals surface area contributed by atoms with E-state index in [0.29, 0.717) is 17.3 Å². The third-order valence-corrected chi connectivity index (χ3v) is 5.17. The van der Waals surface area contributed by atoms with Crippen molar-refractivity contribution in [2.45, 2.75) is 0 Å². The highest BCUT2D eigenvalue weighted by Crippen LogP contribution is 2.26. The molecule has 10 heteroatoms. The Labute approximate surface area is 169 Å². The number of nitrogens with one attached hydrogen (secondary N) is 1. The number of anilines is 1. The lowest BCUT2D eigenvalue weighted by Gasteiger charge is -2.08. The number of methoxy groups -OCH3 is 1. The summed E-state index contributed by atoms with van der Waals surface area (Å²) in [6.45, 7) is -0.0917. The van der Waals surface area contributed by atoms with Crippen molar-refractivity contribution in [2.75, 3.05) is 37.4 Å². The first-order valence-corrected chi connectivity index (χ1v) is 10.5. The van der Waals surface area contributed by atoms with Crippen molar-refractivity contribution in [1.29, 1.82) is 0 Å². The number of nitrogens with zero attached hydrogens (tertiary/aromatic N) is 3. The molecule has 0 amide bonds. The predicted molar refractivity (Wildman–Crippen MR) is 109 cm³/mol. The molecule has 2 heterocycles.